The van der Waals surface area contributed by atoms with Crippen molar-refractivity contribution < 1.29 is 14.7 Å². The highest BCUT2D eigenvalue weighted by molar-refractivity contribution is 8.17. The Morgan fingerprint density at radius 3 is 2.59 bits per heavy atom. The molecule has 1 heterocycles. The van der Waals surface area contributed by atoms with Crippen molar-refractivity contribution in [2.75, 3.05) is 12.3 Å². The van der Waals surface area contributed by atoms with Crippen molar-refractivity contribution in [1.82, 2.24) is 14.9 Å². The molecule has 166 valence electrons. The number of allylic oxidation sites excluding steroid dienone is 1. The number of aliphatic hydroxyl groups is 1. The first-order chi connectivity index (χ1) is 15.3. The molecule has 3 aromatic rings. The average Bonchev–Trinajstić information content (AvgIpc) is 2.77. The zero-order valence-electron chi connectivity index (χ0n) is 18.3. The number of hydrogen-bond donors (Lipinski definition) is 2. The van der Waals surface area contributed by atoms with E-state index in [1.54, 1.807) is 26.1 Å². The van der Waals surface area contributed by atoms with Crippen molar-refractivity contribution in [3.05, 3.63) is 75.7 Å². The van der Waals surface area contributed by atoms with Gasteiger partial charge in [-0.05, 0) is 54.9 Å². The summed E-state index contributed by atoms with van der Waals surface area (Å²) in [5.41, 5.74) is 8.76. The van der Waals surface area contributed by atoms with E-state index in [2.05, 4.69) is 9.97 Å². The lowest BCUT2D eigenvalue weighted by Gasteiger charge is -2.22. The molecule has 7 nitrogen and oxygen atoms in total. The second-order valence-electron chi connectivity index (χ2n) is 7.41. The molecule has 0 unspecified atom stereocenters. The van der Waals surface area contributed by atoms with Gasteiger partial charge in [0.05, 0.1) is 6.54 Å². The molecular formula is C24H26N4O3S. The number of carbonyl (C=O) groups excluding carboxylic acids is 2. The van der Waals surface area contributed by atoms with Gasteiger partial charge in [0, 0.05) is 41.0 Å². The zero-order valence-corrected chi connectivity index (χ0v) is 19.1. The monoisotopic (exact) mass is 450 g/mol. The van der Waals surface area contributed by atoms with Crippen LogP contribution in [0.1, 0.15) is 40.7 Å². The van der Waals surface area contributed by atoms with E-state index in [1.165, 1.54) is 4.90 Å². The van der Waals surface area contributed by atoms with Crippen LogP contribution in [-0.4, -0.2) is 38.1 Å². The number of amides is 1. The molecule has 0 aliphatic rings. The van der Waals surface area contributed by atoms with Crippen LogP contribution in [0.4, 0.5) is 5.82 Å². The number of fused-ring (bicyclic) bond motifs is 1. The standard InChI is InChI=1S/C24H26N4O3S/c1-15-6-4-7-18-8-5-9-20(22(15)18)24(31)32-21(10-11-29)16(2)28(14-30)13-19-12-26-17(3)27-23(19)25/h4-9,12,14,29H,10-11,13H2,1-3H3,(H2,25,26,27). The fourth-order valence-electron chi connectivity index (χ4n) is 3.49. The summed E-state index contributed by atoms with van der Waals surface area (Å²) in [6.45, 7) is 5.48. The quantitative estimate of drug-likeness (QED) is 0.500. The van der Waals surface area contributed by atoms with E-state index in [9.17, 15) is 14.7 Å². The highest BCUT2D eigenvalue weighted by atomic mass is 32.2. The third-order valence-electron chi connectivity index (χ3n) is 5.21. The number of benzene rings is 2. The summed E-state index contributed by atoms with van der Waals surface area (Å²) in [6, 6.07) is 11.5. The van der Waals surface area contributed by atoms with Crippen LogP contribution >= 0.6 is 11.8 Å². The fraction of sp³-hybridized carbons (Fsp3) is 0.250. The maximum absolute atomic E-state index is 13.3. The predicted molar refractivity (Wildman–Crippen MR) is 128 cm³/mol. The molecule has 8 heteroatoms. The summed E-state index contributed by atoms with van der Waals surface area (Å²) in [6.07, 6.45) is 2.51. The van der Waals surface area contributed by atoms with E-state index in [-0.39, 0.29) is 24.7 Å². The molecule has 0 aliphatic heterocycles. The van der Waals surface area contributed by atoms with Gasteiger partial charge in [0.15, 0.2) is 0 Å². The number of aryl methyl sites for hydroxylation is 2. The van der Waals surface area contributed by atoms with Gasteiger partial charge in [0.2, 0.25) is 11.5 Å². The van der Waals surface area contributed by atoms with Crippen LogP contribution < -0.4 is 5.73 Å². The van der Waals surface area contributed by atoms with Gasteiger partial charge in [-0.2, -0.15) is 0 Å². The van der Waals surface area contributed by atoms with E-state index < -0.39 is 0 Å². The lowest BCUT2D eigenvalue weighted by Crippen LogP contribution is -2.22. The van der Waals surface area contributed by atoms with Gasteiger partial charge in [-0.15, -0.1) is 0 Å². The topological polar surface area (TPSA) is 109 Å². The number of aliphatic hydroxyl groups excluding tert-OH is 1. The first-order valence-corrected chi connectivity index (χ1v) is 11.0. The Morgan fingerprint density at radius 1 is 1.22 bits per heavy atom. The minimum Gasteiger partial charge on any atom is -0.396 e. The largest absolute Gasteiger partial charge is 0.396 e. The number of hydrogen-bond acceptors (Lipinski definition) is 7. The molecule has 0 fully saturated rings. The smallest absolute Gasteiger partial charge is 0.224 e. The Hall–Kier alpha value is -3.23. The average molecular weight is 451 g/mol. The molecule has 0 saturated heterocycles. The molecule has 0 atom stereocenters. The van der Waals surface area contributed by atoms with Crippen LogP contribution in [0, 0.1) is 13.8 Å². The van der Waals surface area contributed by atoms with E-state index in [0.29, 0.717) is 39.8 Å². The minimum absolute atomic E-state index is 0.142. The van der Waals surface area contributed by atoms with Crippen LogP contribution in [0.2, 0.25) is 0 Å². The predicted octanol–water partition coefficient (Wildman–Crippen LogP) is 3.97. The summed E-state index contributed by atoms with van der Waals surface area (Å²) in [5, 5.41) is 11.4. The summed E-state index contributed by atoms with van der Waals surface area (Å²) in [7, 11) is 0. The Kier molecular flexibility index (Phi) is 7.61. The van der Waals surface area contributed by atoms with E-state index in [0.717, 1.165) is 28.1 Å². The Labute approximate surface area is 191 Å². The molecule has 32 heavy (non-hydrogen) atoms. The first-order valence-electron chi connectivity index (χ1n) is 10.2. The normalized spacial score (nSPS) is 11.9. The van der Waals surface area contributed by atoms with Gasteiger partial charge in [0.1, 0.15) is 11.6 Å². The van der Waals surface area contributed by atoms with Crippen molar-refractivity contribution in [1.29, 1.82) is 0 Å². The van der Waals surface area contributed by atoms with E-state index in [4.69, 9.17) is 5.73 Å². The number of nitrogens with two attached hydrogens (primary N) is 1. The SMILES string of the molecule is CC(=C(CCO)SC(=O)c1cccc2cccc(C)c12)N(C=O)Cc1cnc(C)nc1N. The van der Waals surface area contributed by atoms with Gasteiger partial charge in [-0.3, -0.25) is 9.59 Å². The number of anilines is 1. The van der Waals surface area contributed by atoms with Crippen molar-refractivity contribution in [2.45, 2.75) is 33.7 Å². The van der Waals surface area contributed by atoms with Gasteiger partial charge >= 0.3 is 0 Å². The number of thioether (sulfide) groups is 1. The lowest BCUT2D eigenvalue weighted by molar-refractivity contribution is -0.116. The van der Waals surface area contributed by atoms with E-state index in [1.807, 2.05) is 37.3 Å². The maximum Gasteiger partial charge on any atom is 0.224 e. The molecule has 0 radical (unpaired) electrons. The second-order valence-corrected chi connectivity index (χ2v) is 8.48. The van der Waals surface area contributed by atoms with Crippen molar-refractivity contribution in [2.24, 2.45) is 0 Å². The van der Waals surface area contributed by atoms with Crippen LogP contribution in [0.5, 0.6) is 0 Å². The number of nitrogens with zero attached hydrogens (tertiary/aromatic N) is 3. The molecule has 0 bridgehead atoms. The van der Waals surface area contributed by atoms with Crippen LogP contribution in [-0.2, 0) is 11.3 Å². The van der Waals surface area contributed by atoms with Crippen molar-refractivity contribution in [3.63, 3.8) is 0 Å². The fourth-order valence-corrected chi connectivity index (χ4v) is 4.45. The summed E-state index contributed by atoms with van der Waals surface area (Å²) in [5.74, 6) is 0.847. The molecule has 3 N–H and O–H groups in total. The number of aromatic nitrogens is 2. The zero-order chi connectivity index (χ0) is 23.3. The minimum atomic E-state index is -0.149. The molecule has 0 saturated carbocycles. The van der Waals surface area contributed by atoms with Gasteiger partial charge in [0.25, 0.3) is 0 Å². The van der Waals surface area contributed by atoms with Gasteiger partial charge in [-0.1, -0.05) is 30.3 Å². The van der Waals surface area contributed by atoms with Crippen LogP contribution in [0.25, 0.3) is 10.8 Å². The van der Waals surface area contributed by atoms with Gasteiger partial charge < -0.3 is 15.7 Å². The molecule has 0 aliphatic carbocycles. The Morgan fingerprint density at radius 2 is 1.94 bits per heavy atom. The van der Waals surface area contributed by atoms with Crippen molar-refractivity contribution in [3.8, 4) is 0 Å². The molecule has 1 aromatic heterocycles. The molecule has 0 spiro atoms. The third-order valence-corrected chi connectivity index (χ3v) is 6.36. The number of rotatable bonds is 8. The molecule has 3 rings (SSSR count). The number of carbonyl (C=O) groups is 2. The summed E-state index contributed by atoms with van der Waals surface area (Å²) in [4.78, 5) is 35.5. The summed E-state index contributed by atoms with van der Waals surface area (Å²) < 4.78 is 0. The number of nitrogen functional groups attached to an aromatic ring is 1. The maximum atomic E-state index is 13.3. The molecule has 1 amide bonds. The highest BCUT2D eigenvalue weighted by Crippen LogP contribution is 2.32. The highest BCUT2D eigenvalue weighted by Gasteiger charge is 2.19. The Balaban J connectivity index is 1.93. The third kappa shape index (κ3) is 5.15. The summed E-state index contributed by atoms with van der Waals surface area (Å²) >= 11 is 1.03. The van der Waals surface area contributed by atoms with Crippen LogP contribution in [0.15, 0.2) is 53.2 Å². The van der Waals surface area contributed by atoms with Crippen molar-refractivity contribution >= 4 is 39.9 Å². The van der Waals surface area contributed by atoms with Gasteiger partial charge in [-0.25, -0.2) is 9.97 Å². The molecule has 2 aromatic carbocycles. The first kappa shape index (κ1) is 23.4. The van der Waals surface area contributed by atoms with E-state index >= 15 is 0 Å². The Bertz CT molecular complexity index is 1190. The lowest BCUT2D eigenvalue weighted by atomic mass is 10.0. The van der Waals surface area contributed by atoms with Crippen LogP contribution in [0.3, 0.4) is 0 Å². The second kappa shape index (κ2) is 10.4. The molecular weight excluding hydrogens is 424 g/mol.